The molecule has 0 atom stereocenters. The molecule has 0 aromatic rings. The van der Waals surface area contributed by atoms with Crippen LogP contribution in [0.1, 0.15) is 27.7 Å². The first kappa shape index (κ1) is 19.1. The molecule has 0 aliphatic heterocycles. The summed E-state index contributed by atoms with van der Waals surface area (Å²) in [5.74, 6) is -2.12. The zero-order chi connectivity index (χ0) is 14.6. The Morgan fingerprint density at radius 1 is 0.667 bits per heavy atom. The van der Waals surface area contributed by atoms with E-state index in [0.29, 0.717) is 0 Å². The van der Waals surface area contributed by atoms with Crippen LogP contribution in [0.25, 0.3) is 0 Å². The van der Waals surface area contributed by atoms with Crippen LogP contribution in [0, 0.1) is 0 Å². The fraction of sp³-hybridized carbons (Fsp3) is 0.500. The molecule has 0 amide bonds. The van der Waals surface area contributed by atoms with Crippen LogP contribution in [0.3, 0.4) is 0 Å². The van der Waals surface area contributed by atoms with Gasteiger partial charge in [-0.2, -0.15) is 0 Å². The van der Waals surface area contributed by atoms with E-state index in [1.165, 1.54) is 13.8 Å². The number of rotatable bonds is 4. The average Bonchev–Trinajstić information content (AvgIpc) is 2.15. The fourth-order valence-corrected chi connectivity index (χ4v) is 1.33. The van der Waals surface area contributed by atoms with Crippen molar-refractivity contribution in [1.29, 1.82) is 0 Å². The monoisotopic (exact) mass is 460 g/mol. The van der Waals surface area contributed by atoms with Gasteiger partial charge in [0, 0.05) is 18.9 Å². The van der Waals surface area contributed by atoms with Gasteiger partial charge >= 0.3 is 77.8 Å². The van der Waals surface area contributed by atoms with Gasteiger partial charge in [0.2, 0.25) is 0 Å². The first-order valence-corrected chi connectivity index (χ1v) is 7.55. The van der Waals surface area contributed by atoms with E-state index in [2.05, 4.69) is 20.2 Å². The van der Waals surface area contributed by atoms with E-state index in [4.69, 9.17) is 0 Å². The Bertz CT molecular complexity index is 243. The Kier molecular flexibility index (Phi) is 13.0. The second kappa shape index (κ2) is 12.2. The van der Waals surface area contributed by atoms with Gasteiger partial charge in [0.15, 0.2) is 0 Å². The summed E-state index contributed by atoms with van der Waals surface area (Å²) in [6.45, 7) is 4.81. The van der Waals surface area contributed by atoms with Crippen LogP contribution in [0.5, 0.6) is 0 Å². The first-order chi connectivity index (χ1) is 8.25. The van der Waals surface area contributed by atoms with Crippen molar-refractivity contribution in [2.45, 2.75) is 27.7 Å². The molecule has 0 N–H and O–H groups in total. The summed E-state index contributed by atoms with van der Waals surface area (Å²) in [5.41, 5.74) is 0. The summed E-state index contributed by atoms with van der Waals surface area (Å²) in [6, 6.07) is 0. The SMILES string of the molecule is CC(=O)OOOC(C)=O.CC(=O)[O][Pb][O]C(C)=O. The van der Waals surface area contributed by atoms with Crippen molar-refractivity contribution in [2.24, 2.45) is 0 Å². The Hall–Kier alpha value is -1.24. The third kappa shape index (κ3) is 24.1. The van der Waals surface area contributed by atoms with Gasteiger partial charge in [0.05, 0.1) is 0 Å². The molecule has 0 aromatic heterocycles. The van der Waals surface area contributed by atoms with Gasteiger partial charge in [-0.15, -0.1) is 0 Å². The minimum atomic E-state index is -1.82. The second-order valence-corrected chi connectivity index (χ2v) is 4.72. The molecule has 0 bridgehead atoms. The molecule has 9 nitrogen and oxygen atoms in total. The standard InChI is InChI=1S/C4H6O5.2C2H4O2.Pb/c1-3(5)7-9-8-4(2)6;2*1-2(3)4;/h1-2H3;2*1H3,(H,3,4);/q;;;+2/p-2. The van der Waals surface area contributed by atoms with Gasteiger partial charge in [0.25, 0.3) is 0 Å². The quantitative estimate of drug-likeness (QED) is 0.315. The van der Waals surface area contributed by atoms with Crippen LogP contribution in [0.2, 0.25) is 0 Å². The molecule has 0 rings (SSSR count). The molecule has 0 saturated heterocycles. The Morgan fingerprint density at radius 2 is 1.00 bits per heavy atom. The van der Waals surface area contributed by atoms with Gasteiger partial charge in [0.1, 0.15) is 0 Å². The van der Waals surface area contributed by atoms with E-state index < -0.39 is 37.1 Å². The molecule has 0 spiro atoms. The maximum atomic E-state index is 10.1. The van der Waals surface area contributed by atoms with Crippen LogP contribution in [0.15, 0.2) is 0 Å². The van der Waals surface area contributed by atoms with Crippen molar-refractivity contribution in [3.05, 3.63) is 0 Å². The van der Waals surface area contributed by atoms with Gasteiger partial charge in [-0.1, -0.05) is 0 Å². The van der Waals surface area contributed by atoms with Crippen molar-refractivity contribution in [2.75, 3.05) is 0 Å². The molecular formula is C8H12O9Pb. The molecule has 0 aliphatic rings. The third-order valence-electron chi connectivity index (χ3n) is 0.674. The molecule has 10 heteroatoms. The topological polar surface area (TPSA) is 114 Å². The van der Waals surface area contributed by atoms with E-state index in [-0.39, 0.29) is 11.9 Å². The number of carbonyl (C=O) groups excluding carboxylic acids is 4. The second-order valence-electron chi connectivity index (χ2n) is 2.49. The van der Waals surface area contributed by atoms with Crippen LogP contribution in [0.4, 0.5) is 0 Å². The van der Waals surface area contributed by atoms with E-state index in [9.17, 15) is 19.2 Å². The van der Waals surface area contributed by atoms with Gasteiger partial charge in [-0.3, -0.25) is 9.78 Å². The van der Waals surface area contributed by atoms with Crippen molar-refractivity contribution in [3.63, 3.8) is 0 Å². The number of hydrogen-bond acceptors (Lipinski definition) is 9. The zero-order valence-electron chi connectivity index (χ0n) is 10.2. The summed E-state index contributed by atoms with van der Waals surface area (Å²) in [5, 5.41) is 3.66. The van der Waals surface area contributed by atoms with Crippen molar-refractivity contribution >= 4 is 49.0 Å². The molecule has 0 aromatic carbocycles. The summed E-state index contributed by atoms with van der Waals surface area (Å²) in [6.07, 6.45) is 0. The molecule has 0 unspecified atom stereocenters. The van der Waals surface area contributed by atoms with E-state index in [1.54, 1.807) is 0 Å². The first-order valence-electron chi connectivity index (χ1n) is 4.37. The van der Waals surface area contributed by atoms with E-state index >= 15 is 0 Å². The third-order valence-corrected chi connectivity index (χ3v) is 3.56. The predicted molar refractivity (Wildman–Crippen MR) is 53.9 cm³/mol. The molecular weight excluding hydrogens is 447 g/mol. The summed E-state index contributed by atoms with van der Waals surface area (Å²) in [7, 11) is 0. The number of carbonyl (C=O) groups is 4. The minimum absolute atomic E-state index is 0.375. The average molecular weight is 459 g/mol. The van der Waals surface area contributed by atoms with Gasteiger partial charge in [-0.25, -0.2) is 9.59 Å². The summed E-state index contributed by atoms with van der Waals surface area (Å²) in [4.78, 5) is 47.4. The van der Waals surface area contributed by atoms with Crippen LogP contribution >= 0.6 is 0 Å². The van der Waals surface area contributed by atoms with Crippen LogP contribution < -0.4 is 0 Å². The number of hydrogen-bond donors (Lipinski definition) is 0. The molecule has 18 heavy (non-hydrogen) atoms. The molecule has 0 saturated carbocycles. The Morgan fingerprint density at radius 3 is 1.22 bits per heavy atom. The van der Waals surface area contributed by atoms with Crippen molar-refractivity contribution in [3.8, 4) is 0 Å². The van der Waals surface area contributed by atoms with E-state index in [0.717, 1.165) is 13.8 Å². The summed E-state index contributed by atoms with van der Waals surface area (Å²) < 4.78 is 8.93. The zero-order valence-corrected chi connectivity index (χ0v) is 14.1. The van der Waals surface area contributed by atoms with Crippen molar-refractivity contribution < 1.29 is 39.4 Å². The molecule has 2 radical (unpaired) electrons. The van der Waals surface area contributed by atoms with Gasteiger partial charge in [-0.05, 0) is 0 Å². The fourth-order valence-electron chi connectivity index (χ4n) is 0.251. The molecule has 0 fully saturated rings. The molecule has 102 valence electrons. The normalized spacial score (nSPS) is 8.22. The molecule has 0 heterocycles. The van der Waals surface area contributed by atoms with Crippen LogP contribution in [-0.4, -0.2) is 49.0 Å². The van der Waals surface area contributed by atoms with Gasteiger partial charge < -0.3 is 0 Å². The predicted octanol–water partition coefficient (Wildman–Crippen LogP) is -0.394. The maximum absolute atomic E-state index is 10.1. The Labute approximate surface area is 116 Å². The Balaban J connectivity index is 0. The van der Waals surface area contributed by atoms with Crippen LogP contribution in [-0.2, 0) is 39.4 Å². The molecule has 0 aliphatic carbocycles. The van der Waals surface area contributed by atoms with Crippen molar-refractivity contribution in [1.82, 2.24) is 0 Å². The van der Waals surface area contributed by atoms with E-state index in [1.807, 2.05) is 0 Å². The summed E-state index contributed by atoms with van der Waals surface area (Å²) >= 11 is -1.82.